The van der Waals surface area contributed by atoms with Crippen LogP contribution in [0.25, 0.3) is 6.08 Å². The number of rotatable bonds is 4. The second-order valence-electron chi connectivity index (χ2n) is 16.9. The maximum Gasteiger partial charge on any atom is 0.331 e. The fourth-order valence-corrected chi connectivity index (χ4v) is 12.2. The van der Waals surface area contributed by atoms with Gasteiger partial charge in [0.05, 0.1) is 0 Å². The van der Waals surface area contributed by atoms with Crippen LogP contribution >= 0.6 is 0 Å². The molecule has 1 unspecified atom stereocenters. The van der Waals surface area contributed by atoms with Gasteiger partial charge in [-0.3, -0.25) is 4.79 Å². The molecule has 1 aromatic rings. The van der Waals surface area contributed by atoms with Crippen molar-refractivity contribution in [3.05, 3.63) is 53.6 Å². The van der Waals surface area contributed by atoms with Gasteiger partial charge in [0, 0.05) is 16.9 Å². The Morgan fingerprint density at radius 1 is 0.860 bits per heavy atom. The van der Waals surface area contributed by atoms with Crippen LogP contribution in [0.2, 0.25) is 0 Å². The van der Waals surface area contributed by atoms with Crippen LogP contribution in [0.5, 0.6) is 0 Å². The molecule has 0 aromatic heterocycles. The summed E-state index contributed by atoms with van der Waals surface area (Å²) < 4.78 is 6.23. The Bertz CT molecular complexity index is 1320. The van der Waals surface area contributed by atoms with Crippen LogP contribution in [0.3, 0.4) is 0 Å². The molecule has 0 amide bonds. The molecule has 0 saturated heterocycles. The number of allylic oxidation sites excluding steroid dienone is 2. The van der Waals surface area contributed by atoms with Crippen molar-refractivity contribution in [2.75, 3.05) is 0 Å². The molecule has 10 atom stereocenters. The van der Waals surface area contributed by atoms with Crippen LogP contribution in [0.1, 0.15) is 119 Å². The molecule has 3 heteroatoms. The van der Waals surface area contributed by atoms with E-state index in [1.54, 1.807) is 11.6 Å². The number of esters is 1. The molecule has 1 aromatic carbocycles. The van der Waals surface area contributed by atoms with Crippen molar-refractivity contribution in [2.45, 2.75) is 119 Å². The standard InChI is InChI=1S/C40H56O3/c1-26-18-23-40(28(3)41)25-24-38(7)30(35(40)27(26)2)15-16-32-37(6)21-20-33(36(4,5)31(37)19-22-39(32,38)8)43-34(42)17-14-29-12-10-9-11-13-29/h9-15,17,26-27,31-33,35H,16,18-25H2,1-8H3/b17-14+/t26-,27+,31?,32-,33+,35+,37+,38-,39-,40-/m1/s1. The highest BCUT2D eigenvalue weighted by Crippen LogP contribution is 2.76. The van der Waals surface area contributed by atoms with E-state index < -0.39 is 0 Å². The fraction of sp³-hybridized carbons (Fsp3) is 0.700. The van der Waals surface area contributed by atoms with Gasteiger partial charge in [-0.25, -0.2) is 4.79 Å². The average molecular weight is 585 g/mol. The van der Waals surface area contributed by atoms with E-state index in [4.69, 9.17) is 4.74 Å². The van der Waals surface area contributed by atoms with Gasteiger partial charge in [0.1, 0.15) is 11.9 Å². The molecule has 6 rings (SSSR count). The monoisotopic (exact) mass is 584 g/mol. The lowest BCUT2D eigenvalue weighted by atomic mass is 9.33. The Morgan fingerprint density at radius 3 is 2.28 bits per heavy atom. The highest BCUT2D eigenvalue weighted by Gasteiger charge is 2.69. The third-order valence-corrected chi connectivity index (χ3v) is 15.1. The van der Waals surface area contributed by atoms with Gasteiger partial charge in [-0.1, -0.05) is 90.4 Å². The van der Waals surface area contributed by atoms with E-state index in [1.165, 1.54) is 19.3 Å². The maximum absolute atomic E-state index is 13.4. The number of carbonyl (C=O) groups excluding carboxylic acids is 2. The zero-order valence-electron chi connectivity index (χ0n) is 28.2. The summed E-state index contributed by atoms with van der Waals surface area (Å²) in [5.74, 6) is 2.94. The first kappa shape index (κ1) is 30.8. The largest absolute Gasteiger partial charge is 0.459 e. The summed E-state index contributed by atoms with van der Waals surface area (Å²) in [6.07, 6.45) is 16.1. The van der Waals surface area contributed by atoms with E-state index in [0.29, 0.717) is 35.4 Å². The summed E-state index contributed by atoms with van der Waals surface area (Å²) in [5.41, 5.74) is 2.98. The van der Waals surface area contributed by atoms with Gasteiger partial charge >= 0.3 is 5.97 Å². The third kappa shape index (κ3) is 4.40. The van der Waals surface area contributed by atoms with Crippen LogP contribution in [0, 0.1) is 56.7 Å². The number of ketones is 1. The fourth-order valence-electron chi connectivity index (χ4n) is 12.2. The van der Waals surface area contributed by atoms with Gasteiger partial charge in [-0.05, 0) is 122 Å². The maximum atomic E-state index is 13.4. The average Bonchev–Trinajstić information content (AvgIpc) is 2.96. The van der Waals surface area contributed by atoms with Crippen LogP contribution in [-0.4, -0.2) is 17.9 Å². The molecular formula is C40H56O3. The van der Waals surface area contributed by atoms with Crippen LogP contribution in [-0.2, 0) is 14.3 Å². The Hall–Kier alpha value is -2.16. The van der Waals surface area contributed by atoms with Crippen molar-refractivity contribution in [2.24, 2.45) is 56.7 Å². The summed E-state index contributed by atoms with van der Waals surface area (Å²) in [6, 6.07) is 9.97. The highest BCUT2D eigenvalue weighted by atomic mass is 16.5. The van der Waals surface area contributed by atoms with Crippen LogP contribution in [0.15, 0.2) is 48.1 Å². The summed E-state index contributed by atoms with van der Waals surface area (Å²) in [5, 5.41) is 0. The quantitative estimate of drug-likeness (QED) is 0.201. The van der Waals surface area contributed by atoms with Gasteiger partial charge in [0.25, 0.3) is 0 Å². The lowest BCUT2D eigenvalue weighted by Gasteiger charge is -2.71. The summed E-state index contributed by atoms with van der Waals surface area (Å²) in [6.45, 7) is 19.3. The Labute approximate surface area is 261 Å². The molecule has 234 valence electrons. The molecule has 0 bridgehead atoms. The SMILES string of the molecule is CC(=O)[C@]12CC[C@@H](C)[C@H](C)[C@H]1C1=CC[C@@H]3[C@@]4(C)CC[C@H](OC(=O)/C=C/c5ccccc5)C(C)(C)C4CC[C@@]3(C)[C@]1(C)CC2. The zero-order valence-corrected chi connectivity index (χ0v) is 28.2. The van der Waals surface area contributed by atoms with Gasteiger partial charge in [0.2, 0.25) is 0 Å². The van der Waals surface area contributed by atoms with Crippen LogP contribution in [0.4, 0.5) is 0 Å². The minimum absolute atomic E-state index is 0.0661. The number of ether oxygens (including phenoxy) is 1. The van der Waals surface area contributed by atoms with Gasteiger partial charge < -0.3 is 4.74 Å². The molecule has 0 radical (unpaired) electrons. The van der Waals surface area contributed by atoms with Gasteiger partial charge in [0.15, 0.2) is 0 Å². The molecule has 5 aliphatic carbocycles. The van der Waals surface area contributed by atoms with E-state index in [0.717, 1.165) is 44.1 Å². The molecule has 0 spiro atoms. The molecule has 4 saturated carbocycles. The van der Waals surface area contributed by atoms with Crippen LogP contribution < -0.4 is 0 Å². The van der Waals surface area contributed by atoms with Gasteiger partial charge in [-0.2, -0.15) is 0 Å². The molecule has 4 fully saturated rings. The first-order chi connectivity index (χ1) is 20.2. The third-order valence-electron chi connectivity index (χ3n) is 15.1. The molecule has 3 nitrogen and oxygen atoms in total. The highest BCUT2D eigenvalue weighted by molar-refractivity contribution is 5.87. The van der Waals surface area contributed by atoms with Crippen molar-refractivity contribution in [1.82, 2.24) is 0 Å². The topological polar surface area (TPSA) is 43.4 Å². The van der Waals surface area contributed by atoms with Crippen molar-refractivity contribution >= 4 is 17.8 Å². The molecule has 43 heavy (non-hydrogen) atoms. The van der Waals surface area contributed by atoms with E-state index in [9.17, 15) is 9.59 Å². The predicted octanol–water partition coefficient (Wildman–Crippen LogP) is 9.86. The van der Waals surface area contributed by atoms with E-state index in [2.05, 4.69) is 54.5 Å². The van der Waals surface area contributed by atoms with E-state index in [-0.39, 0.29) is 39.1 Å². The Morgan fingerprint density at radius 2 is 1.58 bits per heavy atom. The number of carbonyl (C=O) groups is 2. The zero-order chi connectivity index (χ0) is 31.0. The predicted molar refractivity (Wildman–Crippen MR) is 175 cm³/mol. The Balaban J connectivity index is 1.28. The first-order valence-electron chi connectivity index (χ1n) is 17.4. The molecule has 0 aliphatic heterocycles. The number of fused-ring (bicyclic) bond motifs is 7. The number of benzene rings is 1. The molecular weight excluding hydrogens is 528 g/mol. The van der Waals surface area contributed by atoms with Crippen molar-refractivity contribution in [1.29, 1.82) is 0 Å². The first-order valence-corrected chi connectivity index (χ1v) is 17.4. The van der Waals surface area contributed by atoms with Crippen molar-refractivity contribution < 1.29 is 14.3 Å². The van der Waals surface area contributed by atoms with Crippen molar-refractivity contribution in [3.8, 4) is 0 Å². The molecule has 0 heterocycles. The minimum atomic E-state index is -0.226. The smallest absolute Gasteiger partial charge is 0.331 e. The number of hydrogen-bond donors (Lipinski definition) is 0. The summed E-state index contributed by atoms with van der Waals surface area (Å²) in [7, 11) is 0. The van der Waals surface area contributed by atoms with E-state index >= 15 is 0 Å². The minimum Gasteiger partial charge on any atom is -0.459 e. The lowest BCUT2D eigenvalue weighted by molar-refractivity contribution is -0.211. The summed E-state index contributed by atoms with van der Waals surface area (Å²) >= 11 is 0. The lowest BCUT2D eigenvalue weighted by Crippen LogP contribution is -2.65. The molecule has 0 N–H and O–H groups in total. The van der Waals surface area contributed by atoms with Crippen molar-refractivity contribution in [3.63, 3.8) is 0 Å². The van der Waals surface area contributed by atoms with Gasteiger partial charge in [-0.15, -0.1) is 0 Å². The van der Waals surface area contributed by atoms with E-state index in [1.807, 2.05) is 43.3 Å². The Kier molecular flexibility index (Phi) is 7.50. The molecule has 5 aliphatic rings. The second kappa shape index (κ2) is 10.4. The number of Topliss-reactive ketones (excluding diaryl/α,β-unsaturated/α-hetero) is 1. The normalized spacial score (nSPS) is 45.2. The second-order valence-corrected chi connectivity index (χ2v) is 16.9. The summed E-state index contributed by atoms with van der Waals surface area (Å²) in [4.78, 5) is 26.4. The number of hydrogen-bond acceptors (Lipinski definition) is 3.